The Hall–Kier alpha value is -2.37. The van der Waals surface area contributed by atoms with E-state index in [0.29, 0.717) is 12.2 Å². The maximum Gasteiger partial charge on any atom is 0.146 e. The fourth-order valence-corrected chi connectivity index (χ4v) is 3.59. The van der Waals surface area contributed by atoms with Crippen molar-refractivity contribution in [1.82, 2.24) is 9.88 Å². The van der Waals surface area contributed by atoms with Crippen LogP contribution in [0.25, 0.3) is 10.9 Å². The first-order chi connectivity index (χ1) is 12.2. The molecule has 0 amide bonds. The molecule has 1 aliphatic rings. The number of β-amino-alcohol motifs (C(OH)–C–C–N with tert-alkyl or cyclic N) is 1. The monoisotopic (exact) mass is 339 g/mol. The molecule has 0 saturated carbocycles. The number of aliphatic hydroxyl groups excluding tert-OH is 1. The second-order valence-corrected chi connectivity index (χ2v) is 6.54. The fraction of sp³-hybridized carbons (Fsp3) is 0.300. The summed E-state index contributed by atoms with van der Waals surface area (Å²) in [5.41, 5.74) is 2.65. The quantitative estimate of drug-likeness (QED) is 0.767. The van der Waals surface area contributed by atoms with Crippen LogP contribution in [0.4, 0.5) is 10.1 Å². The Morgan fingerprint density at radius 2 is 1.72 bits per heavy atom. The number of piperazine rings is 1. The van der Waals surface area contributed by atoms with Gasteiger partial charge in [0, 0.05) is 55.4 Å². The summed E-state index contributed by atoms with van der Waals surface area (Å²) < 4.78 is 13.9. The summed E-state index contributed by atoms with van der Waals surface area (Å²) in [6, 6.07) is 14.9. The van der Waals surface area contributed by atoms with Crippen LogP contribution >= 0.6 is 0 Å². The molecule has 4 rings (SSSR count). The minimum absolute atomic E-state index is 0.172. The number of nitrogens with one attached hydrogen (secondary N) is 1. The molecule has 1 aromatic heterocycles. The lowest BCUT2D eigenvalue weighted by Gasteiger charge is -2.37. The molecule has 2 heterocycles. The van der Waals surface area contributed by atoms with Gasteiger partial charge >= 0.3 is 0 Å². The summed E-state index contributed by atoms with van der Waals surface area (Å²) in [4.78, 5) is 7.53. The van der Waals surface area contributed by atoms with Gasteiger partial charge in [0.05, 0.1) is 11.8 Å². The number of para-hydroxylation sites is 2. The molecule has 2 N–H and O–H groups in total. The van der Waals surface area contributed by atoms with Gasteiger partial charge in [-0.05, 0) is 18.2 Å². The molecule has 25 heavy (non-hydrogen) atoms. The molecule has 1 fully saturated rings. The van der Waals surface area contributed by atoms with Crippen molar-refractivity contribution in [2.45, 2.75) is 6.10 Å². The largest absolute Gasteiger partial charge is 0.387 e. The highest BCUT2D eigenvalue weighted by Gasteiger charge is 2.22. The zero-order valence-electron chi connectivity index (χ0n) is 14.0. The smallest absolute Gasteiger partial charge is 0.146 e. The summed E-state index contributed by atoms with van der Waals surface area (Å²) in [5, 5.41) is 11.7. The molecule has 3 aromatic rings. The Bertz CT molecular complexity index is 855. The van der Waals surface area contributed by atoms with Gasteiger partial charge in [-0.15, -0.1) is 0 Å². The van der Waals surface area contributed by atoms with Crippen LogP contribution in [0.15, 0.2) is 54.7 Å². The van der Waals surface area contributed by atoms with E-state index >= 15 is 0 Å². The molecule has 0 spiro atoms. The zero-order valence-corrected chi connectivity index (χ0v) is 14.0. The third-order valence-corrected chi connectivity index (χ3v) is 4.98. The minimum atomic E-state index is -0.531. The maximum absolute atomic E-state index is 13.9. The Balaban J connectivity index is 1.39. The highest BCUT2D eigenvalue weighted by molar-refractivity contribution is 5.83. The first-order valence-electron chi connectivity index (χ1n) is 8.68. The van der Waals surface area contributed by atoms with Crippen LogP contribution in [-0.2, 0) is 0 Å². The summed E-state index contributed by atoms with van der Waals surface area (Å²) >= 11 is 0. The molecule has 5 heteroatoms. The summed E-state index contributed by atoms with van der Waals surface area (Å²) in [7, 11) is 0. The maximum atomic E-state index is 13.9. The van der Waals surface area contributed by atoms with Gasteiger partial charge < -0.3 is 15.0 Å². The van der Waals surface area contributed by atoms with Gasteiger partial charge in [-0.2, -0.15) is 0 Å². The Morgan fingerprint density at radius 3 is 2.52 bits per heavy atom. The van der Waals surface area contributed by atoms with Crippen LogP contribution in [0.3, 0.4) is 0 Å². The van der Waals surface area contributed by atoms with Crippen molar-refractivity contribution in [1.29, 1.82) is 0 Å². The Morgan fingerprint density at radius 1 is 1.00 bits per heavy atom. The van der Waals surface area contributed by atoms with Gasteiger partial charge in [0.2, 0.25) is 0 Å². The van der Waals surface area contributed by atoms with Gasteiger partial charge in [-0.3, -0.25) is 4.90 Å². The molecule has 0 aliphatic carbocycles. The number of rotatable bonds is 4. The van der Waals surface area contributed by atoms with Crippen LogP contribution in [-0.4, -0.2) is 47.7 Å². The van der Waals surface area contributed by atoms with Crippen molar-refractivity contribution < 1.29 is 9.50 Å². The van der Waals surface area contributed by atoms with Crippen LogP contribution in [0.1, 0.15) is 11.7 Å². The van der Waals surface area contributed by atoms with Gasteiger partial charge in [-0.1, -0.05) is 30.3 Å². The minimum Gasteiger partial charge on any atom is -0.387 e. The molecule has 2 aromatic carbocycles. The third-order valence-electron chi connectivity index (χ3n) is 4.98. The van der Waals surface area contributed by atoms with E-state index in [1.54, 1.807) is 6.07 Å². The van der Waals surface area contributed by atoms with Crippen molar-refractivity contribution >= 4 is 16.6 Å². The van der Waals surface area contributed by atoms with Crippen LogP contribution in [0.2, 0.25) is 0 Å². The number of H-pyrrole nitrogens is 1. The van der Waals surface area contributed by atoms with E-state index < -0.39 is 6.10 Å². The summed E-state index contributed by atoms with van der Waals surface area (Å²) in [6.45, 7) is 3.75. The topological polar surface area (TPSA) is 42.5 Å². The molecule has 4 nitrogen and oxygen atoms in total. The summed E-state index contributed by atoms with van der Waals surface area (Å²) in [6.07, 6.45) is 1.36. The molecule has 0 radical (unpaired) electrons. The number of aliphatic hydroxyl groups is 1. The van der Waals surface area contributed by atoms with E-state index in [9.17, 15) is 9.50 Å². The number of aromatic nitrogens is 1. The number of hydrogen-bond donors (Lipinski definition) is 2. The van der Waals surface area contributed by atoms with Crippen molar-refractivity contribution in [3.63, 3.8) is 0 Å². The highest BCUT2D eigenvalue weighted by atomic mass is 19.1. The van der Waals surface area contributed by atoms with Gasteiger partial charge in [0.25, 0.3) is 0 Å². The predicted molar refractivity (Wildman–Crippen MR) is 98.3 cm³/mol. The van der Waals surface area contributed by atoms with Gasteiger partial charge in [0.15, 0.2) is 0 Å². The van der Waals surface area contributed by atoms with E-state index in [4.69, 9.17) is 0 Å². The average Bonchev–Trinajstić information content (AvgIpc) is 3.07. The van der Waals surface area contributed by atoms with E-state index in [1.807, 2.05) is 42.6 Å². The van der Waals surface area contributed by atoms with E-state index in [0.717, 1.165) is 42.6 Å². The van der Waals surface area contributed by atoms with Crippen molar-refractivity contribution in [2.24, 2.45) is 0 Å². The van der Waals surface area contributed by atoms with Crippen molar-refractivity contribution in [2.75, 3.05) is 37.6 Å². The predicted octanol–water partition coefficient (Wildman–Crippen LogP) is 3.16. The average molecular weight is 339 g/mol. The van der Waals surface area contributed by atoms with Gasteiger partial charge in [-0.25, -0.2) is 4.39 Å². The molecule has 1 aliphatic heterocycles. The SMILES string of the molecule is OC(CN1CCN(c2ccccc2F)CC1)c1c[nH]c2ccccc12. The highest BCUT2D eigenvalue weighted by Crippen LogP contribution is 2.25. The molecule has 1 unspecified atom stereocenters. The van der Waals surface area contributed by atoms with Crippen molar-refractivity contribution in [3.8, 4) is 0 Å². The second kappa shape index (κ2) is 6.86. The normalized spacial score (nSPS) is 17.1. The first kappa shape index (κ1) is 16.1. The second-order valence-electron chi connectivity index (χ2n) is 6.54. The Labute approximate surface area is 146 Å². The van der Waals surface area contributed by atoms with Crippen LogP contribution < -0.4 is 4.90 Å². The van der Waals surface area contributed by atoms with Crippen molar-refractivity contribution in [3.05, 3.63) is 66.1 Å². The zero-order chi connectivity index (χ0) is 17.2. The number of anilines is 1. The molecular formula is C20H22FN3O. The third kappa shape index (κ3) is 3.25. The molecule has 130 valence electrons. The number of benzene rings is 2. The molecule has 1 saturated heterocycles. The first-order valence-corrected chi connectivity index (χ1v) is 8.68. The number of hydrogen-bond acceptors (Lipinski definition) is 3. The number of halogens is 1. The lowest BCUT2D eigenvalue weighted by atomic mass is 10.1. The van der Waals surface area contributed by atoms with Crippen LogP contribution in [0.5, 0.6) is 0 Å². The summed E-state index contributed by atoms with van der Waals surface area (Å²) in [5.74, 6) is -0.172. The van der Waals surface area contributed by atoms with E-state index in [-0.39, 0.29) is 5.82 Å². The standard InChI is InChI=1S/C20H22FN3O/c21-17-6-2-4-8-19(17)24-11-9-23(10-12-24)14-20(25)16-13-22-18-7-3-1-5-15(16)18/h1-8,13,20,22,25H,9-12,14H2. The molecular weight excluding hydrogens is 317 g/mol. The van der Waals surface area contributed by atoms with Gasteiger partial charge in [0.1, 0.15) is 5.82 Å². The number of aromatic amines is 1. The lowest BCUT2D eigenvalue weighted by Crippen LogP contribution is -2.47. The lowest BCUT2D eigenvalue weighted by molar-refractivity contribution is 0.110. The number of nitrogens with zero attached hydrogens (tertiary/aromatic N) is 2. The Kier molecular flexibility index (Phi) is 4.42. The molecule has 0 bridgehead atoms. The number of fused-ring (bicyclic) bond motifs is 1. The fourth-order valence-electron chi connectivity index (χ4n) is 3.59. The van der Waals surface area contributed by atoms with E-state index in [2.05, 4.69) is 14.8 Å². The molecule has 1 atom stereocenters. The van der Waals surface area contributed by atoms with Crippen LogP contribution in [0, 0.1) is 5.82 Å². The van der Waals surface area contributed by atoms with E-state index in [1.165, 1.54) is 6.07 Å².